The maximum Gasteiger partial charge on any atom is 0.277 e. The Bertz CT molecular complexity index is 1440. The van der Waals surface area contributed by atoms with Crippen LogP contribution in [-0.4, -0.2) is 30.1 Å². The molecule has 0 spiro atoms. The molecule has 33 heavy (non-hydrogen) atoms. The molecule has 2 aromatic carbocycles. The molecule has 5 aromatic rings. The normalized spacial score (nSPS) is 11.3. The molecule has 0 N–H and O–H groups in total. The lowest BCUT2D eigenvalue weighted by Crippen LogP contribution is -2.24. The van der Waals surface area contributed by atoms with E-state index in [9.17, 15) is 4.79 Å². The fraction of sp³-hybridized carbons (Fsp3) is 0.217. The van der Waals surface area contributed by atoms with Crippen molar-refractivity contribution in [3.63, 3.8) is 0 Å². The number of thioether (sulfide) groups is 1. The summed E-state index contributed by atoms with van der Waals surface area (Å²) in [5, 5.41) is 18.4. The minimum atomic E-state index is -0.174. The van der Waals surface area contributed by atoms with Crippen LogP contribution in [0.15, 0.2) is 73.6 Å². The molecule has 0 aliphatic rings. The largest absolute Gasteiger partial charge is 0.409 e. The third-order valence-corrected chi connectivity index (χ3v) is 5.76. The van der Waals surface area contributed by atoms with Gasteiger partial charge in [0.15, 0.2) is 11.5 Å². The van der Waals surface area contributed by atoms with Gasteiger partial charge < -0.3 is 8.94 Å². The number of rotatable bonds is 8. The van der Waals surface area contributed by atoms with Crippen LogP contribution in [0.1, 0.15) is 30.6 Å². The van der Waals surface area contributed by atoms with Crippen molar-refractivity contribution in [1.82, 2.24) is 30.1 Å². The van der Waals surface area contributed by atoms with E-state index in [0.29, 0.717) is 45.7 Å². The van der Waals surface area contributed by atoms with E-state index in [4.69, 9.17) is 8.94 Å². The van der Waals surface area contributed by atoms with E-state index in [1.807, 2.05) is 48.5 Å². The quantitative estimate of drug-likeness (QED) is 0.315. The fourth-order valence-corrected chi connectivity index (χ4v) is 4.02. The fourth-order valence-electron chi connectivity index (χ4n) is 3.42. The molecule has 0 aliphatic carbocycles. The first-order chi connectivity index (χ1) is 16.2. The Morgan fingerprint density at radius 1 is 1.00 bits per heavy atom. The van der Waals surface area contributed by atoms with E-state index in [-0.39, 0.29) is 11.4 Å². The Hall–Kier alpha value is -3.79. The van der Waals surface area contributed by atoms with E-state index < -0.39 is 0 Å². The standard InChI is InChI=1S/C23H20N6O3S/c1-2-8-18-24-19(32-28-18)14-33-23-26-25-21(31-23)20-16-11-6-7-12-17(16)22(30)29(27-20)13-15-9-4-3-5-10-15/h3-7,9-12H,2,8,13-14H2,1H3. The van der Waals surface area contributed by atoms with Crippen molar-refractivity contribution in [2.45, 2.75) is 37.3 Å². The number of nitrogens with zero attached hydrogens (tertiary/aromatic N) is 6. The molecule has 0 saturated heterocycles. The van der Waals surface area contributed by atoms with Crippen molar-refractivity contribution in [2.24, 2.45) is 0 Å². The van der Waals surface area contributed by atoms with Gasteiger partial charge in [0.2, 0.25) is 5.89 Å². The third-order valence-electron chi connectivity index (χ3n) is 4.95. The average molecular weight is 461 g/mol. The second kappa shape index (κ2) is 9.37. The highest BCUT2D eigenvalue weighted by molar-refractivity contribution is 7.98. The zero-order valence-electron chi connectivity index (χ0n) is 17.8. The smallest absolute Gasteiger partial charge is 0.277 e. The molecule has 3 heterocycles. The number of fused-ring (bicyclic) bond motifs is 1. The molecule has 0 bridgehead atoms. The van der Waals surface area contributed by atoms with Crippen molar-refractivity contribution in [2.75, 3.05) is 0 Å². The van der Waals surface area contributed by atoms with Gasteiger partial charge in [0, 0.05) is 11.8 Å². The molecular weight excluding hydrogens is 440 g/mol. The summed E-state index contributed by atoms with van der Waals surface area (Å²) in [6.45, 7) is 2.40. The van der Waals surface area contributed by atoms with Crippen LogP contribution in [0.5, 0.6) is 0 Å². The van der Waals surface area contributed by atoms with Crippen LogP contribution in [0, 0.1) is 0 Å². The van der Waals surface area contributed by atoms with E-state index >= 15 is 0 Å². The number of hydrogen-bond donors (Lipinski definition) is 0. The molecule has 0 saturated carbocycles. The number of aryl methyl sites for hydroxylation is 1. The lowest BCUT2D eigenvalue weighted by molar-refractivity contribution is 0.384. The maximum atomic E-state index is 13.0. The van der Waals surface area contributed by atoms with Gasteiger partial charge >= 0.3 is 0 Å². The maximum absolute atomic E-state index is 13.0. The zero-order chi connectivity index (χ0) is 22.6. The molecule has 166 valence electrons. The highest BCUT2D eigenvalue weighted by Crippen LogP contribution is 2.28. The van der Waals surface area contributed by atoms with Gasteiger partial charge in [-0.1, -0.05) is 72.4 Å². The molecule has 0 fully saturated rings. The monoisotopic (exact) mass is 460 g/mol. The molecule has 0 atom stereocenters. The van der Waals surface area contributed by atoms with Gasteiger partial charge in [-0.3, -0.25) is 4.79 Å². The summed E-state index contributed by atoms with van der Waals surface area (Å²) in [6.07, 6.45) is 1.73. The minimum Gasteiger partial charge on any atom is -0.409 e. The minimum absolute atomic E-state index is 0.174. The molecule has 5 rings (SSSR count). The van der Waals surface area contributed by atoms with Gasteiger partial charge in [-0.05, 0) is 18.1 Å². The summed E-state index contributed by atoms with van der Waals surface area (Å²) >= 11 is 1.30. The highest BCUT2D eigenvalue weighted by Gasteiger charge is 2.18. The Kier molecular flexibility index (Phi) is 5.99. The molecular formula is C23H20N6O3S. The number of aromatic nitrogens is 6. The Labute approximate surface area is 192 Å². The van der Waals surface area contributed by atoms with Crippen LogP contribution in [0.2, 0.25) is 0 Å². The van der Waals surface area contributed by atoms with Crippen molar-refractivity contribution < 1.29 is 8.94 Å². The summed E-state index contributed by atoms with van der Waals surface area (Å²) in [5.41, 5.74) is 1.26. The molecule has 0 amide bonds. The average Bonchev–Trinajstić information content (AvgIpc) is 3.50. The van der Waals surface area contributed by atoms with E-state index in [1.54, 1.807) is 6.07 Å². The zero-order valence-corrected chi connectivity index (χ0v) is 18.7. The highest BCUT2D eigenvalue weighted by atomic mass is 32.2. The molecule has 0 radical (unpaired) electrons. The Morgan fingerprint density at radius 2 is 1.79 bits per heavy atom. The topological polar surface area (TPSA) is 113 Å². The van der Waals surface area contributed by atoms with Gasteiger partial charge in [-0.15, -0.1) is 10.2 Å². The van der Waals surface area contributed by atoms with Crippen LogP contribution in [0.4, 0.5) is 0 Å². The second-order valence-electron chi connectivity index (χ2n) is 7.36. The van der Waals surface area contributed by atoms with Crippen LogP contribution in [0.3, 0.4) is 0 Å². The predicted octanol–water partition coefficient (Wildman–Crippen LogP) is 4.12. The molecule has 0 aliphatic heterocycles. The van der Waals surface area contributed by atoms with Gasteiger partial charge in [0.25, 0.3) is 16.7 Å². The van der Waals surface area contributed by atoms with Crippen LogP contribution in [0.25, 0.3) is 22.4 Å². The van der Waals surface area contributed by atoms with Crippen LogP contribution in [-0.2, 0) is 18.7 Å². The second-order valence-corrected chi connectivity index (χ2v) is 8.29. The number of hydrogen-bond acceptors (Lipinski definition) is 9. The summed E-state index contributed by atoms with van der Waals surface area (Å²) in [4.78, 5) is 17.4. The molecule has 10 heteroatoms. The summed E-state index contributed by atoms with van der Waals surface area (Å²) < 4.78 is 12.6. The van der Waals surface area contributed by atoms with E-state index in [0.717, 1.165) is 18.4 Å². The Morgan fingerprint density at radius 3 is 2.61 bits per heavy atom. The Balaban J connectivity index is 1.45. The van der Waals surface area contributed by atoms with Gasteiger partial charge in [0.1, 0.15) is 0 Å². The SMILES string of the molecule is CCCc1noc(CSc2nnc(-c3nn(Cc4ccccc4)c(=O)c4ccccc34)o2)n1. The van der Waals surface area contributed by atoms with Gasteiger partial charge in [0.05, 0.1) is 17.7 Å². The molecule has 9 nitrogen and oxygen atoms in total. The predicted molar refractivity (Wildman–Crippen MR) is 123 cm³/mol. The summed E-state index contributed by atoms with van der Waals surface area (Å²) in [7, 11) is 0. The van der Waals surface area contributed by atoms with Gasteiger partial charge in [-0.2, -0.15) is 10.1 Å². The van der Waals surface area contributed by atoms with Gasteiger partial charge in [-0.25, -0.2) is 4.68 Å². The summed E-state index contributed by atoms with van der Waals surface area (Å²) in [5.74, 6) is 1.85. The first-order valence-corrected chi connectivity index (χ1v) is 11.5. The van der Waals surface area contributed by atoms with Crippen molar-refractivity contribution in [1.29, 1.82) is 0 Å². The third kappa shape index (κ3) is 4.56. The van der Waals surface area contributed by atoms with E-state index in [2.05, 4.69) is 32.4 Å². The first-order valence-electron chi connectivity index (χ1n) is 10.5. The van der Waals surface area contributed by atoms with Crippen molar-refractivity contribution >= 4 is 22.5 Å². The van der Waals surface area contributed by atoms with Crippen LogP contribution >= 0.6 is 11.8 Å². The lowest BCUT2D eigenvalue weighted by atomic mass is 10.1. The lowest BCUT2D eigenvalue weighted by Gasteiger charge is -2.09. The summed E-state index contributed by atoms with van der Waals surface area (Å²) in [6, 6.07) is 17.0. The first kappa shape index (κ1) is 21.1. The number of benzene rings is 2. The van der Waals surface area contributed by atoms with Crippen molar-refractivity contribution in [3.05, 3.63) is 82.2 Å². The van der Waals surface area contributed by atoms with Crippen LogP contribution < -0.4 is 5.56 Å². The molecule has 0 unspecified atom stereocenters. The van der Waals surface area contributed by atoms with Crippen molar-refractivity contribution in [3.8, 4) is 11.6 Å². The molecule has 3 aromatic heterocycles. The van der Waals surface area contributed by atoms with E-state index in [1.165, 1.54) is 16.4 Å².